The molecular weight excluding hydrogens is 196 g/mol. The summed E-state index contributed by atoms with van der Waals surface area (Å²) in [4.78, 5) is 0. The molecule has 15 heavy (non-hydrogen) atoms. The van der Waals surface area contributed by atoms with Crippen LogP contribution in [-0.4, -0.2) is 40.9 Å². The summed E-state index contributed by atoms with van der Waals surface area (Å²) in [5.41, 5.74) is 0. The number of hydrogen-bond donors (Lipinski definition) is 2. The van der Waals surface area contributed by atoms with Crippen molar-refractivity contribution in [3.05, 3.63) is 0 Å². The molecule has 0 radical (unpaired) electrons. The maximum atomic E-state index is 9.55. The predicted octanol–water partition coefficient (Wildman–Crippen LogP) is 1.05. The maximum absolute atomic E-state index is 9.55. The van der Waals surface area contributed by atoms with Crippen LogP contribution in [-0.2, 0) is 9.47 Å². The van der Waals surface area contributed by atoms with Crippen LogP contribution in [0, 0.1) is 0 Å². The Kier molecular flexibility index (Phi) is 4.99. The van der Waals surface area contributed by atoms with E-state index in [1.54, 1.807) is 6.92 Å². The van der Waals surface area contributed by atoms with Gasteiger partial charge in [0.2, 0.25) is 0 Å². The van der Waals surface area contributed by atoms with E-state index in [9.17, 15) is 10.2 Å². The second kappa shape index (κ2) is 5.80. The Bertz CT molecular complexity index is 173. The van der Waals surface area contributed by atoms with E-state index in [4.69, 9.17) is 9.47 Å². The average Bonchev–Trinajstić information content (AvgIpc) is 2.14. The monoisotopic (exact) mass is 218 g/mol. The minimum absolute atomic E-state index is 0.134. The molecule has 1 saturated heterocycles. The molecule has 0 aromatic rings. The summed E-state index contributed by atoms with van der Waals surface area (Å²) in [5.74, 6) is 0. The highest BCUT2D eigenvalue weighted by atomic mass is 16.7. The van der Waals surface area contributed by atoms with Crippen molar-refractivity contribution in [1.29, 1.82) is 0 Å². The standard InChI is InChI=1S/C11H22O4/c1-4-5-7(2)14-10-6-9(12)11(13)8(3)15-10/h7-13H,4-6H2,1-3H3/t7?,8-,9-,10-,11-/m0/s1. The number of aliphatic hydroxyl groups excluding tert-OH is 2. The van der Waals surface area contributed by atoms with Crippen molar-refractivity contribution in [3.8, 4) is 0 Å². The van der Waals surface area contributed by atoms with Crippen molar-refractivity contribution in [2.75, 3.05) is 0 Å². The topological polar surface area (TPSA) is 58.9 Å². The highest BCUT2D eigenvalue weighted by Gasteiger charge is 2.34. The lowest BCUT2D eigenvalue weighted by atomic mass is 10.0. The lowest BCUT2D eigenvalue weighted by Crippen LogP contribution is -2.48. The number of ether oxygens (including phenoxy) is 2. The fourth-order valence-corrected chi connectivity index (χ4v) is 1.85. The Morgan fingerprint density at radius 1 is 1.47 bits per heavy atom. The minimum atomic E-state index is -0.800. The molecule has 0 aliphatic carbocycles. The van der Waals surface area contributed by atoms with Gasteiger partial charge in [-0.1, -0.05) is 13.3 Å². The molecule has 0 aromatic heterocycles. The van der Waals surface area contributed by atoms with Gasteiger partial charge in [0.25, 0.3) is 0 Å². The van der Waals surface area contributed by atoms with Crippen LogP contribution in [0.5, 0.6) is 0 Å². The fraction of sp³-hybridized carbons (Fsp3) is 1.00. The van der Waals surface area contributed by atoms with Crippen LogP contribution >= 0.6 is 0 Å². The number of hydrogen-bond acceptors (Lipinski definition) is 4. The lowest BCUT2D eigenvalue weighted by molar-refractivity contribution is -0.258. The van der Waals surface area contributed by atoms with Gasteiger partial charge in [-0.15, -0.1) is 0 Å². The van der Waals surface area contributed by atoms with Crippen LogP contribution in [0.3, 0.4) is 0 Å². The Labute approximate surface area is 91.2 Å². The lowest BCUT2D eigenvalue weighted by Gasteiger charge is -2.36. The van der Waals surface area contributed by atoms with Crippen molar-refractivity contribution in [1.82, 2.24) is 0 Å². The van der Waals surface area contributed by atoms with Crippen molar-refractivity contribution in [3.63, 3.8) is 0 Å². The van der Waals surface area contributed by atoms with Gasteiger partial charge < -0.3 is 19.7 Å². The first-order valence-electron chi connectivity index (χ1n) is 5.71. The zero-order valence-electron chi connectivity index (χ0n) is 9.72. The molecule has 4 nitrogen and oxygen atoms in total. The van der Waals surface area contributed by atoms with Crippen LogP contribution in [0.1, 0.15) is 40.0 Å². The van der Waals surface area contributed by atoms with E-state index in [1.807, 2.05) is 6.92 Å². The summed E-state index contributed by atoms with van der Waals surface area (Å²) in [6.07, 6.45) is 0.224. The normalized spacial score (nSPS) is 39.0. The molecule has 0 spiro atoms. The molecule has 1 unspecified atom stereocenters. The van der Waals surface area contributed by atoms with Gasteiger partial charge in [-0.2, -0.15) is 0 Å². The molecule has 1 aliphatic heterocycles. The van der Waals surface area contributed by atoms with E-state index in [2.05, 4.69) is 6.92 Å². The summed E-state index contributed by atoms with van der Waals surface area (Å²) in [6.45, 7) is 5.84. The third kappa shape index (κ3) is 3.72. The molecule has 1 heterocycles. The fourth-order valence-electron chi connectivity index (χ4n) is 1.85. The van der Waals surface area contributed by atoms with E-state index in [0.717, 1.165) is 12.8 Å². The molecule has 1 fully saturated rings. The summed E-state index contributed by atoms with van der Waals surface area (Å²) >= 11 is 0. The molecule has 0 bridgehead atoms. The third-order valence-electron chi connectivity index (χ3n) is 2.75. The van der Waals surface area contributed by atoms with Gasteiger partial charge in [0.05, 0.1) is 18.3 Å². The molecule has 0 aromatic carbocycles. The largest absolute Gasteiger partial charge is 0.390 e. The predicted molar refractivity (Wildman–Crippen MR) is 56.4 cm³/mol. The van der Waals surface area contributed by atoms with Crippen LogP contribution in [0.4, 0.5) is 0 Å². The summed E-state index contributed by atoms with van der Waals surface area (Å²) in [6, 6.07) is 0. The first-order chi connectivity index (χ1) is 7.04. The molecule has 90 valence electrons. The summed E-state index contributed by atoms with van der Waals surface area (Å²) in [7, 11) is 0. The van der Waals surface area contributed by atoms with Crippen LogP contribution in [0.25, 0.3) is 0 Å². The summed E-state index contributed by atoms with van der Waals surface area (Å²) < 4.78 is 11.1. The van der Waals surface area contributed by atoms with E-state index in [0.29, 0.717) is 6.42 Å². The second-order valence-electron chi connectivity index (χ2n) is 4.30. The van der Waals surface area contributed by atoms with Crippen LogP contribution in [0.2, 0.25) is 0 Å². The van der Waals surface area contributed by atoms with Gasteiger partial charge in [-0.25, -0.2) is 0 Å². The van der Waals surface area contributed by atoms with Crippen molar-refractivity contribution in [2.24, 2.45) is 0 Å². The molecule has 0 amide bonds. The molecular formula is C11H22O4. The Balaban J connectivity index is 2.37. The van der Waals surface area contributed by atoms with E-state index >= 15 is 0 Å². The minimum Gasteiger partial charge on any atom is -0.390 e. The van der Waals surface area contributed by atoms with Gasteiger partial charge in [0, 0.05) is 6.42 Å². The number of rotatable bonds is 4. The quantitative estimate of drug-likeness (QED) is 0.740. The van der Waals surface area contributed by atoms with Gasteiger partial charge in [0.15, 0.2) is 6.29 Å². The van der Waals surface area contributed by atoms with Crippen LogP contribution < -0.4 is 0 Å². The Morgan fingerprint density at radius 2 is 2.13 bits per heavy atom. The molecule has 4 heteroatoms. The zero-order valence-corrected chi connectivity index (χ0v) is 9.72. The molecule has 2 N–H and O–H groups in total. The first-order valence-corrected chi connectivity index (χ1v) is 5.71. The van der Waals surface area contributed by atoms with E-state index in [1.165, 1.54) is 0 Å². The summed E-state index contributed by atoms with van der Waals surface area (Å²) in [5, 5.41) is 19.0. The van der Waals surface area contributed by atoms with E-state index < -0.39 is 12.2 Å². The van der Waals surface area contributed by atoms with Gasteiger partial charge in [-0.05, 0) is 20.3 Å². The second-order valence-corrected chi connectivity index (χ2v) is 4.30. The molecule has 0 saturated carbocycles. The Morgan fingerprint density at radius 3 is 2.67 bits per heavy atom. The zero-order chi connectivity index (χ0) is 11.4. The molecule has 1 rings (SSSR count). The smallest absolute Gasteiger partial charge is 0.160 e. The first kappa shape index (κ1) is 12.9. The highest BCUT2D eigenvalue weighted by Crippen LogP contribution is 2.22. The number of aliphatic hydroxyl groups is 2. The average molecular weight is 218 g/mol. The van der Waals surface area contributed by atoms with E-state index in [-0.39, 0.29) is 18.5 Å². The third-order valence-corrected chi connectivity index (χ3v) is 2.75. The van der Waals surface area contributed by atoms with Crippen molar-refractivity contribution >= 4 is 0 Å². The maximum Gasteiger partial charge on any atom is 0.160 e. The van der Waals surface area contributed by atoms with Crippen molar-refractivity contribution < 1.29 is 19.7 Å². The van der Waals surface area contributed by atoms with Gasteiger partial charge in [0.1, 0.15) is 6.10 Å². The van der Waals surface area contributed by atoms with Crippen LogP contribution in [0.15, 0.2) is 0 Å². The molecule has 1 aliphatic rings. The highest BCUT2D eigenvalue weighted by molar-refractivity contribution is 4.80. The SMILES string of the molecule is CCCC(C)O[C@@H]1C[C@H](O)[C@@H](O)[C@H](C)O1. The Hall–Kier alpha value is -0.160. The molecule has 5 atom stereocenters. The van der Waals surface area contributed by atoms with Gasteiger partial charge >= 0.3 is 0 Å². The van der Waals surface area contributed by atoms with Crippen molar-refractivity contribution in [2.45, 2.75) is 70.7 Å². The van der Waals surface area contributed by atoms with Gasteiger partial charge in [-0.3, -0.25) is 0 Å².